The van der Waals surface area contributed by atoms with E-state index in [1.54, 1.807) is 0 Å². The quantitative estimate of drug-likeness (QED) is 0.203. The third kappa shape index (κ3) is 6.38. The average molecular weight is 542 g/mol. The molecule has 1 aromatic heterocycles. The van der Waals surface area contributed by atoms with Gasteiger partial charge in [0.25, 0.3) is 5.56 Å². The third-order valence-electron chi connectivity index (χ3n) is 5.25. The number of alkyl halides is 6. The van der Waals surface area contributed by atoms with E-state index in [1.165, 1.54) is 0 Å². The minimum atomic E-state index is -4.64. The van der Waals surface area contributed by atoms with Gasteiger partial charge in [-0.25, -0.2) is 9.59 Å². The van der Waals surface area contributed by atoms with Crippen molar-refractivity contribution >= 4 is 11.8 Å². The first-order chi connectivity index (χ1) is 17.6. The number of ketones is 1. The Bertz CT molecular complexity index is 1510. The fraction of sp³-hybridized carbons (Fsp3) is 0.167. The number of halogens is 6. The zero-order valence-corrected chi connectivity index (χ0v) is 18.9. The molecule has 0 bridgehead atoms. The Kier molecular flexibility index (Phi) is 7.65. The molecule has 0 unspecified atom stereocenters. The average Bonchev–Trinajstić information content (AvgIpc) is 2.82. The van der Waals surface area contributed by atoms with Crippen molar-refractivity contribution in [1.29, 1.82) is 0 Å². The van der Waals surface area contributed by atoms with Crippen LogP contribution in [0.4, 0.5) is 26.3 Å². The van der Waals surface area contributed by atoms with Gasteiger partial charge in [0.15, 0.2) is 5.78 Å². The molecule has 38 heavy (non-hydrogen) atoms. The molecule has 0 aliphatic carbocycles. The summed E-state index contributed by atoms with van der Waals surface area (Å²) in [7, 11) is 0. The number of carboxylic acids is 1. The fourth-order valence-corrected chi connectivity index (χ4v) is 3.32. The van der Waals surface area contributed by atoms with E-state index in [0.29, 0.717) is 16.7 Å². The molecule has 0 aliphatic heterocycles. The van der Waals surface area contributed by atoms with Crippen LogP contribution in [0.15, 0.2) is 76.2 Å². The minimum Gasteiger partial charge on any atom is -0.502 e. The molecule has 1 heterocycles. The van der Waals surface area contributed by atoms with E-state index in [1.807, 2.05) is 0 Å². The van der Waals surface area contributed by atoms with Gasteiger partial charge in [-0.05, 0) is 35.4 Å². The number of aliphatic hydroxyl groups is 1. The van der Waals surface area contributed by atoms with E-state index in [9.17, 15) is 50.6 Å². The summed E-state index contributed by atoms with van der Waals surface area (Å²) in [4.78, 5) is 49.4. The summed E-state index contributed by atoms with van der Waals surface area (Å²) >= 11 is 0. The second-order valence-electron chi connectivity index (χ2n) is 7.93. The van der Waals surface area contributed by atoms with Crippen molar-refractivity contribution in [2.24, 2.45) is 0 Å². The molecular weight excluding hydrogens is 526 g/mol. The number of rotatable bonds is 7. The van der Waals surface area contributed by atoms with Crippen LogP contribution >= 0.6 is 0 Å². The summed E-state index contributed by atoms with van der Waals surface area (Å²) in [5.41, 5.74) is -4.82. The topological polar surface area (TPSA) is 119 Å². The van der Waals surface area contributed by atoms with Crippen LogP contribution in [-0.2, 0) is 30.2 Å². The van der Waals surface area contributed by atoms with Gasteiger partial charge in [-0.2, -0.15) is 26.3 Å². The van der Waals surface area contributed by atoms with Crippen LogP contribution < -0.4 is 11.2 Å². The number of aromatic nitrogens is 2. The van der Waals surface area contributed by atoms with Gasteiger partial charge in [0.05, 0.1) is 24.2 Å². The van der Waals surface area contributed by atoms with E-state index in [2.05, 4.69) is 0 Å². The zero-order chi connectivity index (χ0) is 28.4. The van der Waals surface area contributed by atoms with Crippen LogP contribution in [0.3, 0.4) is 0 Å². The summed E-state index contributed by atoms with van der Waals surface area (Å²) in [5.74, 6) is -4.61. The molecule has 0 atom stereocenters. The van der Waals surface area contributed by atoms with Crippen molar-refractivity contribution in [2.75, 3.05) is 0 Å². The fourth-order valence-electron chi connectivity index (χ4n) is 3.32. The molecule has 2 N–H and O–H groups in total. The van der Waals surface area contributed by atoms with Crippen molar-refractivity contribution in [3.63, 3.8) is 0 Å². The molecule has 2 aromatic carbocycles. The lowest BCUT2D eigenvalue weighted by Gasteiger charge is -2.14. The van der Waals surface area contributed by atoms with E-state index < -0.39 is 70.9 Å². The number of allylic oxidation sites excluding steroid dienone is 1. The van der Waals surface area contributed by atoms with Gasteiger partial charge in [-0.3, -0.25) is 18.7 Å². The lowest BCUT2D eigenvalue weighted by molar-refractivity contribution is -0.138. The first kappa shape index (κ1) is 28.0. The number of nitrogens with zero attached hydrogens (tertiary/aromatic N) is 2. The highest BCUT2D eigenvalue weighted by molar-refractivity contribution is 6.07. The lowest BCUT2D eigenvalue weighted by Crippen LogP contribution is -2.42. The number of benzene rings is 2. The molecule has 8 nitrogen and oxygen atoms in total. The molecule has 0 amide bonds. The third-order valence-corrected chi connectivity index (χ3v) is 5.25. The SMILES string of the molecule is O=C(O)/C(O)=C/C(=O)c1cn(Cc2ccc(C(F)(F)F)cc2)c(=O)n(Cc2ccc(C(F)(F)F)cc2)c1=O. The Hall–Kier alpha value is -4.62. The summed E-state index contributed by atoms with van der Waals surface area (Å²) in [5, 5.41) is 18.2. The van der Waals surface area contributed by atoms with Crippen LogP contribution in [0.2, 0.25) is 0 Å². The summed E-state index contributed by atoms with van der Waals surface area (Å²) in [6, 6.07) is 7.03. The minimum absolute atomic E-state index is 0.0619. The van der Waals surface area contributed by atoms with E-state index in [0.717, 1.165) is 47.2 Å². The first-order valence-electron chi connectivity index (χ1n) is 10.4. The summed E-state index contributed by atoms with van der Waals surface area (Å²) < 4.78 is 78.4. The second-order valence-corrected chi connectivity index (χ2v) is 7.93. The van der Waals surface area contributed by atoms with Crippen molar-refractivity contribution in [3.8, 4) is 0 Å². The van der Waals surface area contributed by atoms with Gasteiger partial charge in [0, 0.05) is 12.3 Å². The van der Waals surface area contributed by atoms with E-state index >= 15 is 0 Å². The molecule has 0 spiro atoms. The number of carbonyl (C=O) groups excluding carboxylic acids is 1. The van der Waals surface area contributed by atoms with Crippen LogP contribution in [-0.4, -0.2) is 31.1 Å². The van der Waals surface area contributed by atoms with E-state index in [-0.39, 0.29) is 17.2 Å². The van der Waals surface area contributed by atoms with E-state index in [4.69, 9.17) is 5.11 Å². The standard InChI is InChI=1S/C24H16F6N2O6/c25-23(26,27)15-5-1-13(2-6-15)10-31-12-17(18(33)9-19(34)21(36)37)20(35)32(22(31)38)11-14-3-7-16(8-4-14)24(28,29)30/h1-9,12,34H,10-11H2,(H,36,37)/b19-9-. The molecule has 14 heteroatoms. The monoisotopic (exact) mass is 542 g/mol. The Morgan fingerprint density at radius 2 is 1.21 bits per heavy atom. The van der Waals surface area contributed by atoms with Gasteiger partial charge >= 0.3 is 24.0 Å². The highest BCUT2D eigenvalue weighted by Crippen LogP contribution is 2.30. The van der Waals surface area contributed by atoms with Gasteiger partial charge in [-0.15, -0.1) is 0 Å². The number of carbonyl (C=O) groups is 2. The number of hydrogen-bond acceptors (Lipinski definition) is 5. The molecule has 0 radical (unpaired) electrons. The predicted octanol–water partition coefficient (Wildman–Crippen LogP) is 3.85. The van der Waals surface area contributed by atoms with Crippen molar-refractivity contribution in [1.82, 2.24) is 9.13 Å². The maximum absolute atomic E-state index is 13.1. The molecule has 3 aromatic rings. The molecule has 0 fully saturated rings. The smallest absolute Gasteiger partial charge is 0.416 e. The van der Waals surface area contributed by atoms with Crippen molar-refractivity contribution < 1.29 is 46.1 Å². The first-order valence-corrected chi connectivity index (χ1v) is 10.4. The number of hydrogen-bond donors (Lipinski definition) is 2. The molecule has 200 valence electrons. The molecular formula is C24H16F6N2O6. The van der Waals surface area contributed by atoms with Crippen molar-refractivity contribution in [3.05, 3.63) is 115 Å². The van der Waals surface area contributed by atoms with Crippen molar-refractivity contribution in [2.45, 2.75) is 25.4 Å². The molecule has 0 saturated carbocycles. The predicted molar refractivity (Wildman–Crippen MR) is 119 cm³/mol. The van der Waals surface area contributed by atoms with Gasteiger partial charge < -0.3 is 10.2 Å². The Balaban J connectivity index is 2.10. The highest BCUT2D eigenvalue weighted by Gasteiger charge is 2.31. The Labute approximate surface area is 208 Å². The Morgan fingerprint density at radius 1 is 0.763 bits per heavy atom. The maximum Gasteiger partial charge on any atom is 0.416 e. The van der Waals surface area contributed by atoms with Crippen LogP contribution in [0.5, 0.6) is 0 Å². The number of carboxylic acid groups (broad SMARTS) is 1. The molecule has 0 aliphatic rings. The summed E-state index contributed by atoms with van der Waals surface area (Å²) in [6.07, 6.45) is -8.30. The van der Waals surface area contributed by atoms with Gasteiger partial charge in [-0.1, -0.05) is 24.3 Å². The molecule has 0 saturated heterocycles. The second kappa shape index (κ2) is 10.4. The maximum atomic E-state index is 13.1. The summed E-state index contributed by atoms with van der Waals surface area (Å²) in [6.45, 7) is -1.03. The number of aliphatic hydroxyl groups excluding tert-OH is 1. The lowest BCUT2D eigenvalue weighted by atomic mass is 10.1. The molecule has 3 rings (SSSR count). The Morgan fingerprint density at radius 3 is 1.63 bits per heavy atom. The van der Waals surface area contributed by atoms with Crippen LogP contribution in [0.25, 0.3) is 0 Å². The van der Waals surface area contributed by atoms with Crippen LogP contribution in [0, 0.1) is 0 Å². The highest BCUT2D eigenvalue weighted by atomic mass is 19.4. The van der Waals surface area contributed by atoms with Gasteiger partial charge in [0.1, 0.15) is 5.56 Å². The zero-order valence-electron chi connectivity index (χ0n) is 18.9. The van der Waals surface area contributed by atoms with Crippen LogP contribution in [0.1, 0.15) is 32.6 Å². The van der Waals surface area contributed by atoms with Gasteiger partial charge in [0.2, 0.25) is 5.76 Å². The normalized spacial score (nSPS) is 12.4. The largest absolute Gasteiger partial charge is 0.502 e. The number of aliphatic carboxylic acids is 1.